The third kappa shape index (κ3) is 4.91. The largest absolute Gasteiger partial charge is 0.379 e. The molecular weight excluding hydrogens is 312 g/mol. The molecule has 1 N–H and O–H groups in total. The number of hydrogen-bond donors (Lipinski definition) is 1. The summed E-state index contributed by atoms with van der Waals surface area (Å²) < 4.78 is 5.41. The highest BCUT2D eigenvalue weighted by atomic mass is 16.5. The molecule has 4 nitrogen and oxygen atoms in total. The summed E-state index contributed by atoms with van der Waals surface area (Å²) in [6, 6.07) is 16.2. The molecule has 2 aromatic rings. The summed E-state index contributed by atoms with van der Waals surface area (Å²) in [6.07, 6.45) is 0.983. The average Bonchev–Trinajstić information content (AvgIpc) is 2.68. The van der Waals surface area contributed by atoms with E-state index in [0.717, 1.165) is 39.3 Å². The van der Waals surface area contributed by atoms with Gasteiger partial charge in [-0.05, 0) is 35.2 Å². The van der Waals surface area contributed by atoms with E-state index in [9.17, 15) is 4.79 Å². The van der Waals surface area contributed by atoms with Crippen molar-refractivity contribution in [3.63, 3.8) is 0 Å². The summed E-state index contributed by atoms with van der Waals surface area (Å²) in [5, 5.41) is 3.05. The lowest BCUT2D eigenvalue weighted by Crippen LogP contribution is -2.36. The Morgan fingerprint density at radius 3 is 2.40 bits per heavy atom. The van der Waals surface area contributed by atoms with Gasteiger partial charge in [-0.1, -0.05) is 43.3 Å². The molecule has 3 rings (SSSR count). The molecule has 25 heavy (non-hydrogen) atoms. The van der Waals surface area contributed by atoms with Crippen LogP contribution >= 0.6 is 0 Å². The van der Waals surface area contributed by atoms with Crippen LogP contribution in [0.1, 0.15) is 34.0 Å². The molecule has 0 radical (unpaired) electrons. The Morgan fingerprint density at radius 2 is 1.72 bits per heavy atom. The molecule has 1 saturated heterocycles. The fourth-order valence-electron chi connectivity index (χ4n) is 3.05. The fraction of sp³-hybridized carbons (Fsp3) is 0.381. The number of amides is 1. The molecule has 2 aromatic carbocycles. The van der Waals surface area contributed by atoms with Crippen molar-refractivity contribution in [2.75, 3.05) is 26.3 Å². The van der Waals surface area contributed by atoms with Crippen molar-refractivity contribution < 1.29 is 9.53 Å². The zero-order valence-corrected chi connectivity index (χ0v) is 14.8. The molecule has 0 spiro atoms. The van der Waals surface area contributed by atoms with Gasteiger partial charge in [0.25, 0.3) is 5.91 Å². The van der Waals surface area contributed by atoms with Crippen LogP contribution in [0.2, 0.25) is 0 Å². The molecule has 1 amide bonds. The number of benzene rings is 2. The topological polar surface area (TPSA) is 41.6 Å². The Hall–Kier alpha value is -2.17. The van der Waals surface area contributed by atoms with E-state index in [1.54, 1.807) is 0 Å². The number of aryl methyl sites for hydroxylation is 1. The summed E-state index contributed by atoms with van der Waals surface area (Å²) in [5.41, 5.74) is 4.40. The van der Waals surface area contributed by atoms with E-state index in [1.807, 2.05) is 30.3 Å². The molecule has 0 bridgehead atoms. The highest BCUT2D eigenvalue weighted by molar-refractivity contribution is 5.94. The summed E-state index contributed by atoms with van der Waals surface area (Å²) in [7, 11) is 0. The molecule has 132 valence electrons. The Balaban J connectivity index is 1.61. The van der Waals surface area contributed by atoms with Gasteiger partial charge in [0, 0.05) is 31.7 Å². The highest BCUT2D eigenvalue weighted by Crippen LogP contribution is 2.13. The van der Waals surface area contributed by atoms with E-state index < -0.39 is 0 Å². The first-order valence-corrected chi connectivity index (χ1v) is 9.00. The van der Waals surface area contributed by atoms with E-state index in [2.05, 4.69) is 35.3 Å². The molecule has 1 fully saturated rings. The van der Waals surface area contributed by atoms with E-state index in [4.69, 9.17) is 4.74 Å². The van der Waals surface area contributed by atoms with Gasteiger partial charge < -0.3 is 10.1 Å². The van der Waals surface area contributed by atoms with Gasteiger partial charge in [0.2, 0.25) is 0 Å². The molecule has 0 saturated carbocycles. The first-order valence-electron chi connectivity index (χ1n) is 9.00. The average molecular weight is 338 g/mol. The van der Waals surface area contributed by atoms with Gasteiger partial charge in [-0.15, -0.1) is 0 Å². The fourth-order valence-corrected chi connectivity index (χ4v) is 3.05. The zero-order chi connectivity index (χ0) is 17.5. The summed E-state index contributed by atoms with van der Waals surface area (Å²) in [6.45, 7) is 7.09. The number of morpholine rings is 1. The van der Waals surface area contributed by atoms with Crippen molar-refractivity contribution in [1.29, 1.82) is 0 Å². The van der Waals surface area contributed by atoms with Crippen molar-refractivity contribution in [3.8, 4) is 0 Å². The number of carbonyl (C=O) groups excluding carboxylic acids is 1. The van der Waals surface area contributed by atoms with Crippen LogP contribution in [0.3, 0.4) is 0 Å². The Kier molecular flexibility index (Phi) is 6.20. The predicted octanol–water partition coefficient (Wildman–Crippen LogP) is 3.01. The molecule has 0 unspecified atom stereocenters. The Morgan fingerprint density at radius 1 is 1.04 bits per heavy atom. The molecule has 0 aromatic heterocycles. The van der Waals surface area contributed by atoms with Gasteiger partial charge in [0.05, 0.1) is 13.2 Å². The van der Waals surface area contributed by atoms with Crippen LogP contribution in [0.25, 0.3) is 0 Å². The zero-order valence-electron chi connectivity index (χ0n) is 14.8. The first kappa shape index (κ1) is 17.6. The van der Waals surface area contributed by atoms with E-state index in [1.165, 1.54) is 16.7 Å². The van der Waals surface area contributed by atoms with Gasteiger partial charge in [-0.25, -0.2) is 0 Å². The maximum atomic E-state index is 12.4. The number of ether oxygens (including phenoxy) is 1. The third-order valence-corrected chi connectivity index (χ3v) is 4.68. The minimum atomic E-state index is -0.0242. The molecule has 1 aliphatic heterocycles. The van der Waals surface area contributed by atoms with Crippen LogP contribution in [-0.4, -0.2) is 37.1 Å². The van der Waals surface area contributed by atoms with Crippen molar-refractivity contribution in [2.24, 2.45) is 0 Å². The lowest BCUT2D eigenvalue weighted by molar-refractivity contribution is 0.0340. The predicted molar refractivity (Wildman–Crippen MR) is 99.5 cm³/mol. The molecular formula is C21H26N2O2. The van der Waals surface area contributed by atoms with Crippen LogP contribution in [0.5, 0.6) is 0 Å². The molecule has 0 atom stereocenters. The normalized spacial score (nSPS) is 15.1. The monoisotopic (exact) mass is 338 g/mol. The van der Waals surface area contributed by atoms with Gasteiger partial charge in [0.15, 0.2) is 0 Å². The van der Waals surface area contributed by atoms with Crippen molar-refractivity contribution in [3.05, 3.63) is 70.8 Å². The van der Waals surface area contributed by atoms with Crippen molar-refractivity contribution >= 4 is 5.91 Å². The van der Waals surface area contributed by atoms with E-state index >= 15 is 0 Å². The number of carbonyl (C=O) groups is 1. The minimum absolute atomic E-state index is 0.0242. The SMILES string of the molecule is CCc1ccc(C(=O)NCc2ccccc2CN2CCOCC2)cc1. The summed E-state index contributed by atoms with van der Waals surface area (Å²) in [5.74, 6) is -0.0242. The Bertz CT molecular complexity index is 691. The van der Waals surface area contributed by atoms with Gasteiger partial charge in [-0.2, -0.15) is 0 Å². The number of rotatable bonds is 6. The number of nitrogens with one attached hydrogen (secondary N) is 1. The maximum Gasteiger partial charge on any atom is 0.251 e. The lowest BCUT2D eigenvalue weighted by atomic mass is 10.1. The van der Waals surface area contributed by atoms with Crippen molar-refractivity contribution in [2.45, 2.75) is 26.4 Å². The quantitative estimate of drug-likeness (QED) is 0.880. The highest BCUT2D eigenvalue weighted by Gasteiger charge is 2.13. The second-order valence-corrected chi connectivity index (χ2v) is 6.39. The van der Waals surface area contributed by atoms with E-state index in [0.29, 0.717) is 12.1 Å². The number of nitrogens with zero attached hydrogens (tertiary/aromatic N) is 1. The van der Waals surface area contributed by atoms with Crippen LogP contribution < -0.4 is 5.32 Å². The van der Waals surface area contributed by atoms with Gasteiger partial charge >= 0.3 is 0 Å². The van der Waals surface area contributed by atoms with Crippen LogP contribution in [-0.2, 0) is 24.2 Å². The van der Waals surface area contributed by atoms with Crippen LogP contribution in [0.15, 0.2) is 48.5 Å². The first-order chi connectivity index (χ1) is 12.3. The smallest absolute Gasteiger partial charge is 0.251 e. The van der Waals surface area contributed by atoms with Crippen LogP contribution in [0.4, 0.5) is 0 Å². The molecule has 4 heteroatoms. The lowest BCUT2D eigenvalue weighted by Gasteiger charge is -2.27. The standard InChI is InChI=1S/C21H26N2O2/c1-2-17-7-9-18(10-8-17)21(24)22-15-19-5-3-4-6-20(19)16-23-11-13-25-14-12-23/h3-10H,2,11-16H2,1H3,(H,22,24). The molecule has 1 heterocycles. The minimum Gasteiger partial charge on any atom is -0.379 e. The van der Waals surface area contributed by atoms with Gasteiger partial charge in [-0.3, -0.25) is 9.69 Å². The van der Waals surface area contributed by atoms with E-state index in [-0.39, 0.29) is 5.91 Å². The second kappa shape index (κ2) is 8.79. The summed E-state index contributed by atoms with van der Waals surface area (Å²) >= 11 is 0. The third-order valence-electron chi connectivity index (χ3n) is 4.68. The maximum absolute atomic E-state index is 12.4. The Labute approximate surface area is 149 Å². The van der Waals surface area contributed by atoms with Crippen molar-refractivity contribution in [1.82, 2.24) is 10.2 Å². The number of hydrogen-bond acceptors (Lipinski definition) is 3. The summed E-state index contributed by atoms with van der Waals surface area (Å²) in [4.78, 5) is 14.8. The molecule has 0 aliphatic carbocycles. The molecule has 1 aliphatic rings. The van der Waals surface area contributed by atoms with Crippen LogP contribution in [0, 0.1) is 0 Å². The second-order valence-electron chi connectivity index (χ2n) is 6.39. The van der Waals surface area contributed by atoms with Gasteiger partial charge in [0.1, 0.15) is 0 Å².